The number of aliphatic carboxylic acids is 1. The summed E-state index contributed by atoms with van der Waals surface area (Å²) >= 11 is 0. The number of carboxylic acid groups (broad SMARTS) is 1. The lowest BCUT2D eigenvalue weighted by Gasteiger charge is -2.34. The van der Waals surface area contributed by atoms with Crippen molar-refractivity contribution in [2.75, 3.05) is 6.54 Å². The zero-order valence-electron chi connectivity index (χ0n) is 11.4. The fourth-order valence-corrected chi connectivity index (χ4v) is 3.02. The zero-order chi connectivity index (χ0) is 13.9. The van der Waals surface area contributed by atoms with Crippen molar-refractivity contribution < 1.29 is 14.3 Å². The van der Waals surface area contributed by atoms with Crippen molar-refractivity contribution in [2.45, 2.75) is 38.3 Å². The maximum Gasteiger partial charge on any atom is 0.304 e. The van der Waals surface area contributed by atoms with Crippen molar-refractivity contribution in [3.63, 3.8) is 0 Å². The number of para-hydroxylation sites is 1. The SMILES string of the molecule is O=C(O)CC1CCCCN1Cc1cc2ccccc2o1. The first kappa shape index (κ1) is 13.2. The molecule has 0 saturated carbocycles. The van der Waals surface area contributed by atoms with Crippen LogP contribution in [-0.2, 0) is 11.3 Å². The summed E-state index contributed by atoms with van der Waals surface area (Å²) in [6.45, 7) is 1.65. The molecule has 1 atom stereocenters. The zero-order valence-corrected chi connectivity index (χ0v) is 11.4. The topological polar surface area (TPSA) is 53.7 Å². The number of rotatable bonds is 4. The molecule has 1 unspecified atom stereocenters. The van der Waals surface area contributed by atoms with Crippen molar-refractivity contribution in [3.8, 4) is 0 Å². The molecule has 2 aromatic rings. The Balaban J connectivity index is 1.75. The van der Waals surface area contributed by atoms with Crippen LogP contribution in [0.25, 0.3) is 11.0 Å². The standard InChI is InChI=1S/C16H19NO3/c18-16(19)10-13-6-3-4-8-17(13)11-14-9-12-5-1-2-7-15(12)20-14/h1-2,5,7,9,13H,3-4,6,8,10-11H2,(H,18,19). The van der Waals surface area contributed by atoms with Gasteiger partial charge in [0.1, 0.15) is 11.3 Å². The van der Waals surface area contributed by atoms with Crippen molar-refractivity contribution in [3.05, 3.63) is 36.1 Å². The Morgan fingerprint density at radius 2 is 2.20 bits per heavy atom. The Hall–Kier alpha value is -1.81. The van der Waals surface area contributed by atoms with E-state index >= 15 is 0 Å². The number of hydrogen-bond donors (Lipinski definition) is 1. The van der Waals surface area contributed by atoms with Crippen LogP contribution in [0.4, 0.5) is 0 Å². The third-order valence-corrected chi connectivity index (χ3v) is 3.99. The minimum Gasteiger partial charge on any atom is -0.481 e. The van der Waals surface area contributed by atoms with Crippen LogP contribution in [0.15, 0.2) is 34.7 Å². The van der Waals surface area contributed by atoms with Crippen LogP contribution in [0, 0.1) is 0 Å². The monoisotopic (exact) mass is 273 g/mol. The van der Waals surface area contributed by atoms with Gasteiger partial charge in [0, 0.05) is 11.4 Å². The molecule has 2 heterocycles. The van der Waals surface area contributed by atoms with Crippen molar-refractivity contribution >= 4 is 16.9 Å². The number of likely N-dealkylation sites (tertiary alicyclic amines) is 1. The maximum atomic E-state index is 11.0. The molecule has 1 aliphatic rings. The van der Waals surface area contributed by atoms with Gasteiger partial charge in [0.15, 0.2) is 0 Å². The molecular formula is C16H19NO3. The van der Waals surface area contributed by atoms with Gasteiger partial charge in [-0.1, -0.05) is 24.6 Å². The molecule has 1 fully saturated rings. The first-order valence-corrected chi connectivity index (χ1v) is 7.15. The normalized spacial score (nSPS) is 20.3. The van der Waals surface area contributed by atoms with E-state index < -0.39 is 5.97 Å². The highest BCUT2D eigenvalue weighted by Crippen LogP contribution is 2.25. The second kappa shape index (κ2) is 5.67. The van der Waals surface area contributed by atoms with Crippen LogP contribution >= 0.6 is 0 Å². The molecule has 4 heteroatoms. The van der Waals surface area contributed by atoms with Gasteiger partial charge in [0.05, 0.1) is 13.0 Å². The third-order valence-electron chi connectivity index (χ3n) is 3.99. The quantitative estimate of drug-likeness (QED) is 0.929. The highest BCUT2D eigenvalue weighted by atomic mass is 16.4. The lowest BCUT2D eigenvalue weighted by atomic mass is 9.99. The predicted molar refractivity (Wildman–Crippen MR) is 76.5 cm³/mol. The first-order chi connectivity index (χ1) is 9.72. The number of fused-ring (bicyclic) bond motifs is 1. The average Bonchev–Trinajstić information content (AvgIpc) is 2.82. The Bertz CT molecular complexity index is 572. The third kappa shape index (κ3) is 2.85. The Morgan fingerprint density at radius 3 is 3.00 bits per heavy atom. The van der Waals surface area contributed by atoms with Crippen LogP contribution in [0.3, 0.4) is 0 Å². The van der Waals surface area contributed by atoms with Crippen LogP contribution in [0.1, 0.15) is 31.4 Å². The summed E-state index contributed by atoms with van der Waals surface area (Å²) < 4.78 is 5.83. The lowest BCUT2D eigenvalue weighted by Crippen LogP contribution is -2.40. The van der Waals surface area contributed by atoms with E-state index in [1.807, 2.05) is 24.3 Å². The molecule has 1 saturated heterocycles. The van der Waals surface area contributed by atoms with Gasteiger partial charge < -0.3 is 9.52 Å². The van der Waals surface area contributed by atoms with Crippen molar-refractivity contribution in [1.29, 1.82) is 0 Å². The number of nitrogens with zero attached hydrogens (tertiary/aromatic N) is 1. The summed E-state index contributed by atoms with van der Waals surface area (Å²) in [5.74, 6) is 0.204. The van der Waals surface area contributed by atoms with Gasteiger partial charge in [-0.15, -0.1) is 0 Å². The summed E-state index contributed by atoms with van der Waals surface area (Å²) in [6, 6.07) is 10.1. The number of carbonyl (C=O) groups is 1. The Kier molecular flexibility index (Phi) is 3.74. The van der Waals surface area contributed by atoms with E-state index in [0.29, 0.717) is 6.54 Å². The van der Waals surface area contributed by atoms with Crippen LogP contribution in [-0.4, -0.2) is 28.6 Å². The van der Waals surface area contributed by atoms with E-state index in [1.165, 1.54) is 0 Å². The van der Waals surface area contributed by atoms with Gasteiger partial charge in [0.2, 0.25) is 0 Å². The van der Waals surface area contributed by atoms with E-state index in [0.717, 1.165) is 42.5 Å². The minimum absolute atomic E-state index is 0.134. The van der Waals surface area contributed by atoms with Gasteiger partial charge in [0.25, 0.3) is 0 Å². The maximum absolute atomic E-state index is 11.0. The van der Waals surface area contributed by atoms with Gasteiger partial charge >= 0.3 is 5.97 Å². The second-order valence-corrected chi connectivity index (χ2v) is 5.47. The number of furan rings is 1. The highest BCUT2D eigenvalue weighted by Gasteiger charge is 2.25. The van der Waals surface area contributed by atoms with Crippen LogP contribution < -0.4 is 0 Å². The highest BCUT2D eigenvalue weighted by molar-refractivity contribution is 5.77. The van der Waals surface area contributed by atoms with Gasteiger partial charge in [-0.2, -0.15) is 0 Å². The molecular weight excluding hydrogens is 254 g/mol. The summed E-state index contributed by atoms with van der Waals surface area (Å²) in [7, 11) is 0. The Morgan fingerprint density at radius 1 is 1.35 bits per heavy atom. The number of hydrogen-bond acceptors (Lipinski definition) is 3. The van der Waals surface area contributed by atoms with E-state index in [2.05, 4.69) is 11.0 Å². The molecule has 4 nitrogen and oxygen atoms in total. The fourth-order valence-electron chi connectivity index (χ4n) is 3.02. The lowest BCUT2D eigenvalue weighted by molar-refractivity contribution is -0.138. The molecule has 1 aromatic heterocycles. The van der Waals surface area contributed by atoms with Gasteiger partial charge in [-0.25, -0.2) is 0 Å². The molecule has 1 N–H and O–H groups in total. The first-order valence-electron chi connectivity index (χ1n) is 7.15. The van der Waals surface area contributed by atoms with Crippen LogP contribution in [0.2, 0.25) is 0 Å². The molecule has 1 aliphatic heterocycles. The van der Waals surface area contributed by atoms with E-state index in [9.17, 15) is 4.79 Å². The summed E-state index contributed by atoms with van der Waals surface area (Å²) in [6.07, 6.45) is 3.44. The smallest absolute Gasteiger partial charge is 0.304 e. The molecule has 0 amide bonds. The summed E-state index contributed by atoms with van der Waals surface area (Å²) in [4.78, 5) is 13.2. The molecule has 3 rings (SSSR count). The van der Waals surface area contributed by atoms with E-state index in [1.54, 1.807) is 0 Å². The molecule has 106 valence electrons. The second-order valence-electron chi connectivity index (χ2n) is 5.47. The molecule has 20 heavy (non-hydrogen) atoms. The molecule has 0 spiro atoms. The molecule has 0 radical (unpaired) electrons. The van der Waals surface area contributed by atoms with E-state index in [-0.39, 0.29) is 12.5 Å². The van der Waals surface area contributed by atoms with Gasteiger partial charge in [-0.05, 0) is 31.5 Å². The molecule has 0 bridgehead atoms. The summed E-state index contributed by atoms with van der Waals surface area (Å²) in [5.41, 5.74) is 0.897. The average molecular weight is 273 g/mol. The largest absolute Gasteiger partial charge is 0.481 e. The van der Waals surface area contributed by atoms with Crippen LogP contribution in [0.5, 0.6) is 0 Å². The number of carboxylic acids is 1. The predicted octanol–water partition coefficient (Wildman–Crippen LogP) is 3.26. The Labute approximate surface area is 118 Å². The van der Waals surface area contributed by atoms with E-state index in [4.69, 9.17) is 9.52 Å². The fraction of sp³-hybridized carbons (Fsp3) is 0.438. The molecule has 0 aliphatic carbocycles. The minimum atomic E-state index is -0.716. The number of benzene rings is 1. The summed E-state index contributed by atoms with van der Waals surface area (Å²) in [5, 5.41) is 10.1. The molecule has 1 aromatic carbocycles. The van der Waals surface area contributed by atoms with Crippen molar-refractivity contribution in [2.24, 2.45) is 0 Å². The van der Waals surface area contributed by atoms with Gasteiger partial charge in [-0.3, -0.25) is 9.69 Å². The van der Waals surface area contributed by atoms with Crippen molar-refractivity contribution in [1.82, 2.24) is 4.90 Å². The number of piperidine rings is 1.